The summed E-state index contributed by atoms with van der Waals surface area (Å²) < 4.78 is 5.85. The lowest BCUT2D eigenvalue weighted by molar-refractivity contribution is -0.156. The summed E-state index contributed by atoms with van der Waals surface area (Å²) in [7, 11) is 0. The maximum absolute atomic E-state index is 13.0. The van der Waals surface area contributed by atoms with E-state index in [1.54, 1.807) is 0 Å². The predicted molar refractivity (Wildman–Crippen MR) is 102 cm³/mol. The Bertz CT molecular complexity index is 859. The summed E-state index contributed by atoms with van der Waals surface area (Å²) in [5, 5.41) is 0.344. The largest absolute Gasteiger partial charge is 0.448 e. The van der Waals surface area contributed by atoms with E-state index in [-0.39, 0.29) is 17.6 Å². The molecule has 0 aromatic heterocycles. The molecule has 2 atom stereocenters. The number of fused-ring (bicyclic) bond motifs is 1. The van der Waals surface area contributed by atoms with Crippen molar-refractivity contribution in [3.8, 4) is 0 Å². The molecule has 2 aromatic rings. The molecule has 1 fully saturated rings. The number of esters is 1. The highest BCUT2D eigenvalue weighted by Gasteiger charge is 2.51. The average Bonchev–Trinajstić information content (AvgIpc) is 2.72. The van der Waals surface area contributed by atoms with Crippen LogP contribution in [0.5, 0.6) is 0 Å². The fourth-order valence-electron chi connectivity index (χ4n) is 3.63. The van der Waals surface area contributed by atoms with Crippen molar-refractivity contribution in [2.24, 2.45) is 5.73 Å². The number of carbonyl (C=O) groups is 2. The van der Waals surface area contributed by atoms with Crippen molar-refractivity contribution >= 4 is 23.5 Å². The van der Waals surface area contributed by atoms with Gasteiger partial charge in [-0.2, -0.15) is 0 Å². The number of hydrogen-bond donors (Lipinski definition) is 1. The maximum Gasteiger partial charge on any atom is 0.357 e. The Labute approximate surface area is 162 Å². The van der Waals surface area contributed by atoms with Crippen LogP contribution in [0.15, 0.2) is 71.4 Å². The molecule has 0 aliphatic carbocycles. The highest BCUT2D eigenvalue weighted by Crippen LogP contribution is 2.39. The van der Waals surface area contributed by atoms with Gasteiger partial charge in [-0.25, -0.2) is 4.79 Å². The van der Waals surface area contributed by atoms with Crippen LogP contribution in [0, 0.1) is 0 Å². The van der Waals surface area contributed by atoms with Crippen molar-refractivity contribution in [1.82, 2.24) is 4.90 Å². The Morgan fingerprint density at radius 3 is 2.19 bits per heavy atom. The third kappa shape index (κ3) is 3.13. The summed E-state index contributed by atoms with van der Waals surface area (Å²) in [4.78, 5) is 26.6. The number of amides is 1. The van der Waals surface area contributed by atoms with Gasteiger partial charge in [0.05, 0.1) is 6.04 Å². The number of carbonyl (C=O) groups excluding carboxylic acids is 2. The number of halogens is 1. The van der Waals surface area contributed by atoms with Gasteiger partial charge in [0.15, 0.2) is 6.10 Å². The van der Waals surface area contributed by atoms with E-state index in [1.165, 1.54) is 4.90 Å². The standard InChI is InChI=1S/C21H19ClN2O3/c22-15-11-12-16-17(23)20(25)24(16)18(15)21(26)27-19(13-7-3-1-4-8-13)14-9-5-2-6-10-14/h1-10,16-17,19H,11-12,23H2/t16-,17-/m1/s1. The lowest BCUT2D eigenvalue weighted by Crippen LogP contribution is -2.69. The Morgan fingerprint density at radius 1 is 1.07 bits per heavy atom. The van der Waals surface area contributed by atoms with Gasteiger partial charge in [0.2, 0.25) is 5.91 Å². The molecule has 2 heterocycles. The Hall–Kier alpha value is -2.63. The molecule has 2 aromatic carbocycles. The maximum atomic E-state index is 13.0. The van der Waals surface area contributed by atoms with Crippen molar-refractivity contribution in [3.63, 3.8) is 0 Å². The van der Waals surface area contributed by atoms with Gasteiger partial charge in [0.25, 0.3) is 0 Å². The highest BCUT2D eigenvalue weighted by atomic mass is 35.5. The number of allylic oxidation sites excluding steroid dienone is 1. The molecular formula is C21H19ClN2O3. The Kier molecular flexibility index (Phi) is 4.72. The smallest absolute Gasteiger partial charge is 0.357 e. The fraction of sp³-hybridized carbons (Fsp3) is 0.238. The van der Waals surface area contributed by atoms with Crippen molar-refractivity contribution in [3.05, 3.63) is 82.5 Å². The molecule has 0 spiro atoms. The van der Waals surface area contributed by atoms with Gasteiger partial charge in [-0.05, 0) is 24.0 Å². The Morgan fingerprint density at radius 2 is 1.63 bits per heavy atom. The quantitative estimate of drug-likeness (QED) is 0.651. The number of rotatable bonds is 4. The number of benzene rings is 2. The van der Waals surface area contributed by atoms with Crippen molar-refractivity contribution in [2.75, 3.05) is 0 Å². The molecule has 0 bridgehead atoms. The third-order valence-electron chi connectivity index (χ3n) is 5.05. The summed E-state index contributed by atoms with van der Waals surface area (Å²) in [5.74, 6) is -0.900. The SMILES string of the molecule is N[C@H]1C(=O)N2C(C(=O)OC(c3ccccc3)c3ccccc3)=C(Cl)CC[C@H]12. The van der Waals surface area contributed by atoms with E-state index in [1.807, 2.05) is 60.7 Å². The van der Waals surface area contributed by atoms with Gasteiger partial charge in [-0.1, -0.05) is 72.3 Å². The highest BCUT2D eigenvalue weighted by molar-refractivity contribution is 6.32. The molecular weight excluding hydrogens is 364 g/mol. The minimum absolute atomic E-state index is 0.122. The molecule has 0 unspecified atom stereocenters. The second kappa shape index (κ2) is 7.18. The van der Waals surface area contributed by atoms with Crippen LogP contribution in [-0.4, -0.2) is 28.9 Å². The van der Waals surface area contributed by atoms with E-state index < -0.39 is 18.1 Å². The topological polar surface area (TPSA) is 72.6 Å². The van der Waals surface area contributed by atoms with Gasteiger partial charge < -0.3 is 10.5 Å². The summed E-state index contributed by atoms with van der Waals surface area (Å²) in [5.41, 5.74) is 7.66. The van der Waals surface area contributed by atoms with E-state index in [9.17, 15) is 9.59 Å². The molecule has 2 aliphatic heterocycles. The van der Waals surface area contributed by atoms with Gasteiger partial charge in [-0.3, -0.25) is 9.69 Å². The molecule has 1 amide bonds. The lowest BCUT2D eigenvalue weighted by Gasteiger charge is -2.48. The van der Waals surface area contributed by atoms with Crippen molar-refractivity contribution in [2.45, 2.75) is 31.0 Å². The van der Waals surface area contributed by atoms with Crippen LogP contribution in [0.1, 0.15) is 30.1 Å². The van der Waals surface area contributed by atoms with E-state index >= 15 is 0 Å². The molecule has 138 valence electrons. The van der Waals surface area contributed by atoms with Crippen LogP contribution < -0.4 is 5.73 Å². The molecule has 2 aliphatic rings. The number of ether oxygens (including phenoxy) is 1. The van der Waals surface area contributed by atoms with Crippen LogP contribution >= 0.6 is 11.6 Å². The fourth-order valence-corrected chi connectivity index (χ4v) is 3.91. The first kappa shape index (κ1) is 17.8. The number of nitrogens with zero attached hydrogens (tertiary/aromatic N) is 1. The predicted octanol–water partition coefficient (Wildman–Crippen LogP) is 3.10. The van der Waals surface area contributed by atoms with E-state index in [4.69, 9.17) is 22.1 Å². The van der Waals surface area contributed by atoms with Crippen LogP contribution in [0.25, 0.3) is 0 Å². The first-order valence-corrected chi connectivity index (χ1v) is 9.24. The third-order valence-corrected chi connectivity index (χ3v) is 5.42. The van der Waals surface area contributed by atoms with Crippen LogP contribution in [0.2, 0.25) is 0 Å². The van der Waals surface area contributed by atoms with Crippen LogP contribution in [-0.2, 0) is 14.3 Å². The minimum Gasteiger partial charge on any atom is -0.448 e. The molecule has 5 nitrogen and oxygen atoms in total. The second-order valence-corrected chi connectivity index (χ2v) is 7.16. The van der Waals surface area contributed by atoms with Crippen molar-refractivity contribution < 1.29 is 14.3 Å². The molecule has 6 heteroatoms. The monoisotopic (exact) mass is 382 g/mol. The Balaban J connectivity index is 1.65. The summed E-state index contributed by atoms with van der Waals surface area (Å²) in [6.07, 6.45) is 0.570. The first-order chi connectivity index (χ1) is 13.1. The normalized spacial score (nSPS) is 21.7. The summed E-state index contributed by atoms with van der Waals surface area (Å²) >= 11 is 6.30. The zero-order valence-corrected chi connectivity index (χ0v) is 15.3. The van der Waals surface area contributed by atoms with Gasteiger partial charge >= 0.3 is 5.97 Å². The minimum atomic E-state index is -0.609. The average molecular weight is 383 g/mol. The van der Waals surface area contributed by atoms with E-state index in [2.05, 4.69) is 0 Å². The molecule has 0 saturated carbocycles. The van der Waals surface area contributed by atoms with Gasteiger partial charge in [-0.15, -0.1) is 0 Å². The van der Waals surface area contributed by atoms with Gasteiger partial charge in [0.1, 0.15) is 11.7 Å². The second-order valence-electron chi connectivity index (χ2n) is 6.70. The molecule has 4 rings (SSSR count). The van der Waals surface area contributed by atoms with Crippen LogP contribution in [0.3, 0.4) is 0 Å². The number of β-lactam (4-membered cyclic amide) rings is 1. The number of hydrogen-bond acceptors (Lipinski definition) is 4. The van der Waals surface area contributed by atoms with E-state index in [0.717, 1.165) is 11.1 Å². The lowest BCUT2D eigenvalue weighted by atomic mass is 9.87. The van der Waals surface area contributed by atoms with Crippen molar-refractivity contribution in [1.29, 1.82) is 0 Å². The first-order valence-electron chi connectivity index (χ1n) is 8.86. The van der Waals surface area contributed by atoms with Gasteiger partial charge in [0, 0.05) is 5.03 Å². The molecule has 27 heavy (non-hydrogen) atoms. The molecule has 1 saturated heterocycles. The van der Waals surface area contributed by atoms with E-state index in [0.29, 0.717) is 17.9 Å². The molecule has 0 radical (unpaired) electrons. The summed E-state index contributed by atoms with van der Waals surface area (Å²) in [6.45, 7) is 0. The van der Waals surface area contributed by atoms with Crippen LogP contribution in [0.4, 0.5) is 0 Å². The summed E-state index contributed by atoms with van der Waals surface area (Å²) in [6, 6.07) is 18.2. The molecule has 2 N–H and O–H groups in total. The zero-order valence-electron chi connectivity index (χ0n) is 14.5. The number of nitrogens with two attached hydrogens (primary N) is 1. The zero-order chi connectivity index (χ0) is 19.0.